The molecule has 1 N–H and O–H groups in total. The summed E-state index contributed by atoms with van der Waals surface area (Å²) < 4.78 is 5.36. The number of carbonyl (C=O) groups is 1. The Kier molecular flexibility index (Phi) is 4.20. The highest BCUT2D eigenvalue weighted by Crippen LogP contribution is 2.30. The lowest BCUT2D eigenvalue weighted by Crippen LogP contribution is -2.40. The summed E-state index contributed by atoms with van der Waals surface area (Å²) >= 11 is 0. The number of hydrogen-bond acceptors (Lipinski definition) is 3. The minimum absolute atomic E-state index is 0.181. The van der Waals surface area contributed by atoms with Crippen molar-refractivity contribution in [2.24, 2.45) is 0 Å². The van der Waals surface area contributed by atoms with Crippen LogP contribution in [0.2, 0.25) is 0 Å². The van der Waals surface area contributed by atoms with Gasteiger partial charge in [-0.2, -0.15) is 0 Å². The molecule has 1 amide bonds. The zero-order valence-electron chi connectivity index (χ0n) is 11.0. The molecular weight excluding hydrogens is 228 g/mol. The van der Waals surface area contributed by atoms with E-state index in [1.54, 1.807) is 7.11 Å². The normalized spacial score (nSPS) is 17.2. The Labute approximate surface area is 108 Å². The molecule has 2 rings (SSSR count). The zero-order valence-corrected chi connectivity index (χ0v) is 11.0. The number of nitrogens with zero attached hydrogens (tertiary/aromatic N) is 1. The highest BCUT2D eigenvalue weighted by atomic mass is 16.5. The van der Waals surface area contributed by atoms with Crippen molar-refractivity contribution in [3.8, 4) is 5.75 Å². The second kappa shape index (κ2) is 5.87. The molecule has 1 heterocycles. The number of amides is 1. The molecule has 1 aliphatic rings. The topological polar surface area (TPSA) is 41.6 Å². The summed E-state index contributed by atoms with van der Waals surface area (Å²) in [6.45, 7) is 4.46. The maximum Gasteiger partial charge on any atom is 0.227 e. The second-order valence-corrected chi connectivity index (χ2v) is 4.57. The molecule has 1 aromatic carbocycles. The number of anilines is 1. The summed E-state index contributed by atoms with van der Waals surface area (Å²) in [4.78, 5) is 14.0. The first-order valence-corrected chi connectivity index (χ1v) is 6.38. The average molecular weight is 248 g/mol. The molecule has 0 aliphatic carbocycles. The number of rotatable bonds is 2. The Balaban J connectivity index is 2.31. The Hall–Kier alpha value is -1.55. The van der Waals surface area contributed by atoms with Crippen LogP contribution < -0.4 is 15.0 Å². The standard InChI is InChI=1S/C14H20N2O2/c1-11-5-6-13(18-2)12(10-11)16-9-8-15-7-3-4-14(16)17/h5-6,10,15H,3-4,7-9H2,1-2H3. The lowest BCUT2D eigenvalue weighted by atomic mass is 10.1. The summed E-state index contributed by atoms with van der Waals surface area (Å²) in [5.74, 6) is 0.940. The van der Waals surface area contributed by atoms with E-state index in [4.69, 9.17) is 4.74 Å². The van der Waals surface area contributed by atoms with Crippen LogP contribution in [0.1, 0.15) is 18.4 Å². The van der Waals surface area contributed by atoms with Crippen LogP contribution in [0, 0.1) is 6.92 Å². The SMILES string of the molecule is COc1ccc(C)cc1N1CCNCCCC1=O. The summed E-state index contributed by atoms with van der Waals surface area (Å²) in [7, 11) is 1.64. The monoisotopic (exact) mass is 248 g/mol. The maximum atomic E-state index is 12.2. The lowest BCUT2D eigenvalue weighted by Gasteiger charge is -2.27. The van der Waals surface area contributed by atoms with Crippen molar-refractivity contribution >= 4 is 11.6 Å². The predicted molar refractivity (Wildman–Crippen MR) is 72.2 cm³/mol. The molecule has 4 heteroatoms. The van der Waals surface area contributed by atoms with Gasteiger partial charge in [-0.15, -0.1) is 0 Å². The molecule has 1 aromatic rings. The molecule has 0 unspecified atom stereocenters. The molecule has 0 bridgehead atoms. The van der Waals surface area contributed by atoms with E-state index in [0.717, 1.165) is 36.5 Å². The number of ether oxygens (including phenoxy) is 1. The van der Waals surface area contributed by atoms with Crippen molar-refractivity contribution in [3.63, 3.8) is 0 Å². The smallest absolute Gasteiger partial charge is 0.227 e. The van der Waals surface area contributed by atoms with E-state index in [2.05, 4.69) is 5.32 Å². The van der Waals surface area contributed by atoms with Gasteiger partial charge in [0.2, 0.25) is 5.91 Å². The predicted octanol–water partition coefficient (Wildman–Crippen LogP) is 1.72. The van der Waals surface area contributed by atoms with Gasteiger partial charge in [0.15, 0.2) is 0 Å². The van der Waals surface area contributed by atoms with Gasteiger partial charge in [0.25, 0.3) is 0 Å². The first kappa shape index (κ1) is 12.9. The highest BCUT2D eigenvalue weighted by molar-refractivity contribution is 5.95. The molecule has 0 atom stereocenters. The summed E-state index contributed by atoms with van der Waals surface area (Å²) in [6.07, 6.45) is 1.48. The molecular formula is C14H20N2O2. The molecule has 18 heavy (non-hydrogen) atoms. The fourth-order valence-electron chi connectivity index (χ4n) is 2.21. The van der Waals surface area contributed by atoms with Crippen molar-refractivity contribution in [3.05, 3.63) is 23.8 Å². The van der Waals surface area contributed by atoms with Gasteiger partial charge in [0, 0.05) is 19.5 Å². The van der Waals surface area contributed by atoms with Gasteiger partial charge < -0.3 is 15.0 Å². The molecule has 0 aromatic heterocycles. The average Bonchev–Trinajstić information content (AvgIpc) is 2.34. The van der Waals surface area contributed by atoms with E-state index in [1.807, 2.05) is 30.0 Å². The van der Waals surface area contributed by atoms with E-state index in [-0.39, 0.29) is 5.91 Å². The molecule has 1 saturated heterocycles. The zero-order chi connectivity index (χ0) is 13.0. The third kappa shape index (κ3) is 2.82. The van der Waals surface area contributed by atoms with Crippen LogP contribution >= 0.6 is 0 Å². The Morgan fingerprint density at radius 2 is 2.17 bits per heavy atom. The fourth-order valence-corrected chi connectivity index (χ4v) is 2.21. The van der Waals surface area contributed by atoms with E-state index < -0.39 is 0 Å². The van der Waals surface area contributed by atoms with Gasteiger partial charge in [-0.25, -0.2) is 0 Å². The summed E-state index contributed by atoms with van der Waals surface area (Å²) in [6, 6.07) is 5.93. The van der Waals surface area contributed by atoms with Crippen LogP contribution in [0.25, 0.3) is 0 Å². The number of nitrogens with one attached hydrogen (secondary N) is 1. The second-order valence-electron chi connectivity index (χ2n) is 4.57. The highest BCUT2D eigenvalue weighted by Gasteiger charge is 2.20. The number of aryl methyl sites for hydroxylation is 1. The van der Waals surface area contributed by atoms with Crippen LogP contribution in [0.15, 0.2) is 18.2 Å². The first-order valence-electron chi connectivity index (χ1n) is 6.38. The largest absolute Gasteiger partial charge is 0.495 e. The van der Waals surface area contributed by atoms with Gasteiger partial charge in [-0.05, 0) is 37.6 Å². The lowest BCUT2D eigenvalue weighted by molar-refractivity contribution is -0.118. The third-order valence-electron chi connectivity index (χ3n) is 3.18. The van der Waals surface area contributed by atoms with Crippen LogP contribution in [0.3, 0.4) is 0 Å². The van der Waals surface area contributed by atoms with E-state index in [1.165, 1.54) is 0 Å². The quantitative estimate of drug-likeness (QED) is 0.866. The van der Waals surface area contributed by atoms with Crippen LogP contribution in [0.4, 0.5) is 5.69 Å². The number of carbonyl (C=O) groups excluding carboxylic acids is 1. The van der Waals surface area contributed by atoms with E-state index in [9.17, 15) is 4.79 Å². The van der Waals surface area contributed by atoms with Gasteiger partial charge in [-0.3, -0.25) is 4.79 Å². The third-order valence-corrected chi connectivity index (χ3v) is 3.18. The summed E-state index contributed by atoms with van der Waals surface area (Å²) in [5.41, 5.74) is 2.01. The Morgan fingerprint density at radius 3 is 2.94 bits per heavy atom. The van der Waals surface area contributed by atoms with Gasteiger partial charge in [-0.1, -0.05) is 6.07 Å². The molecule has 1 aliphatic heterocycles. The van der Waals surface area contributed by atoms with Crippen LogP contribution in [0.5, 0.6) is 5.75 Å². The van der Waals surface area contributed by atoms with Gasteiger partial charge in [0.1, 0.15) is 5.75 Å². The molecule has 0 spiro atoms. The Bertz CT molecular complexity index is 432. The Morgan fingerprint density at radius 1 is 1.33 bits per heavy atom. The van der Waals surface area contributed by atoms with Crippen molar-refractivity contribution in [2.45, 2.75) is 19.8 Å². The van der Waals surface area contributed by atoms with Crippen LogP contribution in [-0.4, -0.2) is 32.7 Å². The number of methoxy groups -OCH3 is 1. The van der Waals surface area contributed by atoms with Gasteiger partial charge >= 0.3 is 0 Å². The van der Waals surface area contributed by atoms with E-state index in [0.29, 0.717) is 13.0 Å². The van der Waals surface area contributed by atoms with Gasteiger partial charge in [0.05, 0.1) is 12.8 Å². The van der Waals surface area contributed by atoms with Crippen molar-refractivity contribution in [1.29, 1.82) is 0 Å². The van der Waals surface area contributed by atoms with Crippen molar-refractivity contribution in [2.75, 3.05) is 31.6 Å². The molecule has 0 radical (unpaired) electrons. The minimum atomic E-state index is 0.181. The number of hydrogen-bond donors (Lipinski definition) is 1. The first-order chi connectivity index (χ1) is 8.72. The van der Waals surface area contributed by atoms with Crippen LogP contribution in [-0.2, 0) is 4.79 Å². The minimum Gasteiger partial charge on any atom is -0.495 e. The molecule has 4 nitrogen and oxygen atoms in total. The van der Waals surface area contributed by atoms with Crippen molar-refractivity contribution < 1.29 is 9.53 Å². The number of benzene rings is 1. The maximum absolute atomic E-state index is 12.2. The van der Waals surface area contributed by atoms with Crippen molar-refractivity contribution in [1.82, 2.24) is 5.32 Å². The molecule has 98 valence electrons. The molecule has 0 saturated carbocycles. The van der Waals surface area contributed by atoms with E-state index >= 15 is 0 Å². The summed E-state index contributed by atoms with van der Waals surface area (Å²) in [5, 5.41) is 3.32. The fraction of sp³-hybridized carbons (Fsp3) is 0.500. The molecule has 1 fully saturated rings.